The molecule has 0 aromatic rings. The molecule has 18 heavy (non-hydrogen) atoms. The monoisotopic (exact) mass is 259 g/mol. The molecule has 0 amide bonds. The summed E-state index contributed by atoms with van der Waals surface area (Å²) in [6.07, 6.45) is 0.238. The first kappa shape index (κ1) is 14.9. The quantitative estimate of drug-likeness (QED) is 0.548. The van der Waals surface area contributed by atoms with Gasteiger partial charge in [-0.05, 0) is 19.9 Å². The van der Waals surface area contributed by atoms with E-state index < -0.39 is 17.9 Å². The lowest BCUT2D eigenvalue weighted by Gasteiger charge is -2.35. The van der Waals surface area contributed by atoms with Crippen molar-refractivity contribution < 1.29 is 24.2 Å². The van der Waals surface area contributed by atoms with Crippen molar-refractivity contribution in [3.05, 3.63) is 0 Å². The molecule has 6 nitrogen and oxygen atoms in total. The van der Waals surface area contributed by atoms with Gasteiger partial charge >= 0.3 is 11.9 Å². The summed E-state index contributed by atoms with van der Waals surface area (Å²) in [6.45, 7) is 6.59. The smallest absolute Gasteiger partial charge is 0.320 e. The van der Waals surface area contributed by atoms with Gasteiger partial charge in [0.2, 0.25) is 0 Å². The number of carbonyl (C=O) groups is 2. The van der Waals surface area contributed by atoms with E-state index >= 15 is 0 Å². The van der Waals surface area contributed by atoms with Gasteiger partial charge in [-0.3, -0.25) is 14.5 Å². The molecule has 1 aliphatic rings. The largest absolute Gasteiger partial charge is 0.481 e. The van der Waals surface area contributed by atoms with Crippen molar-refractivity contribution in [2.24, 2.45) is 5.92 Å². The first-order chi connectivity index (χ1) is 8.60. The predicted octanol–water partition coefficient (Wildman–Crippen LogP) is 0.361. The fourth-order valence-electron chi connectivity index (χ4n) is 2.14. The molecule has 1 aliphatic heterocycles. The maximum atomic E-state index is 11.6. The first-order valence-corrected chi connectivity index (χ1v) is 6.31. The number of rotatable bonds is 6. The number of carbonyl (C=O) groups excluding carboxylic acids is 1. The topological polar surface area (TPSA) is 76.1 Å². The van der Waals surface area contributed by atoms with E-state index in [0.717, 1.165) is 13.1 Å². The van der Waals surface area contributed by atoms with Crippen molar-refractivity contribution in [1.82, 2.24) is 4.90 Å². The van der Waals surface area contributed by atoms with Crippen molar-refractivity contribution in [3.8, 4) is 0 Å². The molecule has 2 unspecified atom stereocenters. The maximum absolute atomic E-state index is 11.6. The zero-order chi connectivity index (χ0) is 13.5. The summed E-state index contributed by atoms with van der Waals surface area (Å²) in [6, 6.07) is -0.0331. The Morgan fingerprint density at radius 1 is 1.50 bits per heavy atom. The van der Waals surface area contributed by atoms with Crippen LogP contribution in [0.2, 0.25) is 0 Å². The number of nitrogens with zero attached hydrogens (tertiary/aromatic N) is 1. The number of morpholine rings is 1. The molecule has 0 spiro atoms. The minimum Gasteiger partial charge on any atom is -0.481 e. The first-order valence-electron chi connectivity index (χ1n) is 6.31. The summed E-state index contributed by atoms with van der Waals surface area (Å²) in [5, 5.41) is 9.10. The molecule has 6 heteroatoms. The van der Waals surface area contributed by atoms with Crippen LogP contribution in [0.15, 0.2) is 0 Å². The van der Waals surface area contributed by atoms with Gasteiger partial charge in [-0.25, -0.2) is 0 Å². The zero-order valence-corrected chi connectivity index (χ0v) is 10.9. The van der Waals surface area contributed by atoms with E-state index in [1.807, 2.05) is 6.92 Å². The van der Waals surface area contributed by atoms with Gasteiger partial charge < -0.3 is 14.6 Å². The summed E-state index contributed by atoms with van der Waals surface area (Å²) in [4.78, 5) is 24.9. The Labute approximate surface area is 107 Å². The van der Waals surface area contributed by atoms with E-state index in [4.69, 9.17) is 14.6 Å². The molecular formula is C12H21NO5. The van der Waals surface area contributed by atoms with E-state index in [-0.39, 0.29) is 19.1 Å². The van der Waals surface area contributed by atoms with Gasteiger partial charge in [0.15, 0.2) is 5.92 Å². The summed E-state index contributed by atoms with van der Waals surface area (Å²) in [7, 11) is 0. The van der Waals surface area contributed by atoms with Crippen LogP contribution in [-0.2, 0) is 19.1 Å². The van der Waals surface area contributed by atoms with Crippen LogP contribution in [0.3, 0.4) is 0 Å². The van der Waals surface area contributed by atoms with Crippen molar-refractivity contribution in [1.29, 1.82) is 0 Å². The van der Waals surface area contributed by atoms with Crippen molar-refractivity contribution in [3.63, 3.8) is 0 Å². The van der Waals surface area contributed by atoms with Crippen LogP contribution in [0.4, 0.5) is 0 Å². The fraction of sp³-hybridized carbons (Fsp3) is 0.833. The SMILES string of the molecule is CCOC(=O)C(CC1COCCN1CC)C(=O)O. The number of carboxylic acid groups (broad SMARTS) is 1. The molecule has 104 valence electrons. The summed E-state index contributed by atoms with van der Waals surface area (Å²) >= 11 is 0. The lowest BCUT2D eigenvalue weighted by Crippen LogP contribution is -2.47. The Balaban J connectivity index is 2.64. The number of likely N-dealkylation sites (N-methyl/N-ethyl adjacent to an activating group) is 1. The molecule has 0 aliphatic carbocycles. The highest BCUT2D eigenvalue weighted by molar-refractivity contribution is 5.93. The normalized spacial score (nSPS) is 22.4. The third-order valence-corrected chi connectivity index (χ3v) is 3.13. The average Bonchev–Trinajstić information content (AvgIpc) is 2.36. The lowest BCUT2D eigenvalue weighted by molar-refractivity contribution is -0.160. The van der Waals surface area contributed by atoms with E-state index in [1.54, 1.807) is 6.92 Å². The van der Waals surface area contributed by atoms with Crippen LogP contribution >= 0.6 is 0 Å². The Bertz CT molecular complexity index is 294. The van der Waals surface area contributed by atoms with Crippen LogP contribution in [-0.4, -0.2) is 60.9 Å². The molecular weight excluding hydrogens is 238 g/mol. The third-order valence-electron chi connectivity index (χ3n) is 3.13. The van der Waals surface area contributed by atoms with E-state index in [2.05, 4.69) is 4.90 Å². The molecule has 0 aromatic carbocycles. The van der Waals surface area contributed by atoms with Crippen molar-refractivity contribution >= 4 is 11.9 Å². The molecule has 1 N–H and O–H groups in total. The molecule has 0 radical (unpaired) electrons. The van der Waals surface area contributed by atoms with Gasteiger partial charge in [0.25, 0.3) is 0 Å². The van der Waals surface area contributed by atoms with Crippen LogP contribution in [0.25, 0.3) is 0 Å². The minimum atomic E-state index is -1.13. The third kappa shape index (κ3) is 3.96. The van der Waals surface area contributed by atoms with Gasteiger partial charge in [0.05, 0.1) is 19.8 Å². The van der Waals surface area contributed by atoms with E-state index in [1.165, 1.54) is 0 Å². The van der Waals surface area contributed by atoms with E-state index in [9.17, 15) is 9.59 Å². The highest BCUT2D eigenvalue weighted by Gasteiger charge is 2.33. The van der Waals surface area contributed by atoms with Gasteiger partial charge in [0.1, 0.15) is 0 Å². The number of hydrogen-bond acceptors (Lipinski definition) is 5. The van der Waals surface area contributed by atoms with Crippen LogP contribution in [0, 0.1) is 5.92 Å². The van der Waals surface area contributed by atoms with Gasteiger partial charge in [-0.2, -0.15) is 0 Å². The Morgan fingerprint density at radius 2 is 2.22 bits per heavy atom. The molecule has 1 heterocycles. The van der Waals surface area contributed by atoms with Crippen molar-refractivity contribution in [2.45, 2.75) is 26.3 Å². The minimum absolute atomic E-state index is 0.0331. The Kier molecular flexibility index (Phi) is 6.07. The summed E-state index contributed by atoms with van der Waals surface area (Å²) in [5.74, 6) is -2.90. The Hall–Kier alpha value is -1.14. The number of aliphatic carboxylic acids is 1. The molecule has 0 aromatic heterocycles. The van der Waals surface area contributed by atoms with Crippen LogP contribution in [0.5, 0.6) is 0 Å². The number of esters is 1. The standard InChI is InChI=1S/C12H21NO5/c1-3-13-5-6-17-8-9(13)7-10(11(14)15)12(16)18-4-2/h9-10H,3-8H2,1-2H3,(H,14,15). The number of carboxylic acids is 1. The average molecular weight is 259 g/mol. The summed E-state index contributed by atoms with van der Waals surface area (Å²) < 4.78 is 10.1. The molecule has 0 bridgehead atoms. The highest BCUT2D eigenvalue weighted by atomic mass is 16.5. The van der Waals surface area contributed by atoms with Gasteiger partial charge in [0, 0.05) is 12.6 Å². The maximum Gasteiger partial charge on any atom is 0.320 e. The van der Waals surface area contributed by atoms with Crippen LogP contribution in [0.1, 0.15) is 20.3 Å². The van der Waals surface area contributed by atoms with Gasteiger partial charge in [-0.1, -0.05) is 6.92 Å². The summed E-state index contributed by atoms with van der Waals surface area (Å²) in [5.41, 5.74) is 0. The Morgan fingerprint density at radius 3 is 2.78 bits per heavy atom. The van der Waals surface area contributed by atoms with Gasteiger partial charge in [-0.15, -0.1) is 0 Å². The number of hydrogen-bond donors (Lipinski definition) is 1. The molecule has 2 atom stereocenters. The molecule has 1 rings (SSSR count). The van der Waals surface area contributed by atoms with E-state index in [0.29, 0.717) is 13.2 Å². The van der Waals surface area contributed by atoms with Crippen molar-refractivity contribution in [2.75, 3.05) is 32.9 Å². The second-order valence-corrected chi connectivity index (χ2v) is 4.24. The molecule has 1 saturated heterocycles. The molecule has 1 fully saturated rings. The fourth-order valence-corrected chi connectivity index (χ4v) is 2.14. The highest BCUT2D eigenvalue weighted by Crippen LogP contribution is 2.17. The second kappa shape index (κ2) is 7.33. The second-order valence-electron chi connectivity index (χ2n) is 4.24. The number of ether oxygens (including phenoxy) is 2. The zero-order valence-electron chi connectivity index (χ0n) is 10.9. The lowest BCUT2D eigenvalue weighted by atomic mass is 9.98. The van der Waals surface area contributed by atoms with Crippen LogP contribution < -0.4 is 0 Å². The predicted molar refractivity (Wildman–Crippen MR) is 64.2 cm³/mol. The molecule has 0 saturated carbocycles.